The second-order valence-electron chi connectivity index (χ2n) is 5.61. The quantitative estimate of drug-likeness (QED) is 0.901. The van der Waals surface area contributed by atoms with E-state index in [0.717, 1.165) is 13.1 Å². The molecule has 1 fully saturated rings. The molecular formula is C16H23N3. The summed E-state index contributed by atoms with van der Waals surface area (Å²) < 4.78 is 0. The Bertz CT molecular complexity index is 461. The smallest absolute Gasteiger partial charge is 0.119 e. The van der Waals surface area contributed by atoms with Gasteiger partial charge in [0, 0.05) is 6.54 Å². The molecule has 0 saturated carbocycles. The van der Waals surface area contributed by atoms with E-state index in [0.29, 0.717) is 6.04 Å². The van der Waals surface area contributed by atoms with Crippen molar-refractivity contribution in [3.63, 3.8) is 0 Å². The molecule has 19 heavy (non-hydrogen) atoms. The first-order valence-electron chi connectivity index (χ1n) is 7.43. The van der Waals surface area contributed by atoms with E-state index in [1.54, 1.807) is 0 Å². The number of likely N-dealkylation sites (tertiary alicyclic amines) is 1. The fourth-order valence-electron chi connectivity index (χ4n) is 3.16. The summed E-state index contributed by atoms with van der Waals surface area (Å²) >= 11 is 0. The molecule has 3 heteroatoms. The molecule has 1 unspecified atom stereocenters. The highest BCUT2D eigenvalue weighted by Crippen LogP contribution is 2.26. The maximum Gasteiger partial charge on any atom is 0.119 e. The zero-order chi connectivity index (χ0) is 13.1. The topological polar surface area (TPSA) is 27.6 Å². The Morgan fingerprint density at radius 1 is 1.21 bits per heavy atom. The summed E-state index contributed by atoms with van der Waals surface area (Å²) in [6.45, 7) is 6.47. The fraction of sp³-hybridized carbons (Fsp3) is 0.562. The van der Waals surface area contributed by atoms with E-state index in [-0.39, 0.29) is 0 Å². The van der Waals surface area contributed by atoms with E-state index in [1.165, 1.54) is 49.3 Å². The first-order valence-corrected chi connectivity index (χ1v) is 7.43. The molecule has 0 radical (unpaired) electrons. The Balaban J connectivity index is 1.91. The van der Waals surface area contributed by atoms with Crippen LogP contribution in [0.3, 0.4) is 0 Å². The van der Waals surface area contributed by atoms with Gasteiger partial charge in [-0.2, -0.15) is 0 Å². The molecule has 102 valence electrons. The summed E-state index contributed by atoms with van der Waals surface area (Å²) in [5, 5.41) is 3.48. The lowest BCUT2D eigenvalue weighted by Gasteiger charge is -2.35. The highest BCUT2D eigenvalue weighted by atomic mass is 15.2. The highest BCUT2D eigenvalue weighted by Gasteiger charge is 2.28. The van der Waals surface area contributed by atoms with Crippen molar-refractivity contribution < 1.29 is 0 Å². The molecule has 1 aromatic rings. The second-order valence-corrected chi connectivity index (χ2v) is 5.61. The van der Waals surface area contributed by atoms with Crippen molar-refractivity contribution >= 4 is 5.84 Å². The predicted molar refractivity (Wildman–Crippen MR) is 79.6 cm³/mol. The number of hydrogen-bond acceptors (Lipinski definition) is 3. The van der Waals surface area contributed by atoms with Gasteiger partial charge in [-0.1, -0.05) is 36.2 Å². The third-order valence-electron chi connectivity index (χ3n) is 4.07. The van der Waals surface area contributed by atoms with Crippen LogP contribution in [0.15, 0.2) is 29.3 Å². The normalized spacial score (nSPS) is 21.8. The van der Waals surface area contributed by atoms with Crippen LogP contribution in [0.5, 0.6) is 0 Å². The minimum atomic E-state index is 0.336. The Kier molecular flexibility index (Phi) is 3.83. The van der Waals surface area contributed by atoms with Crippen molar-refractivity contribution in [2.24, 2.45) is 4.99 Å². The van der Waals surface area contributed by atoms with Crippen LogP contribution in [-0.4, -0.2) is 36.9 Å². The van der Waals surface area contributed by atoms with Crippen LogP contribution in [0.2, 0.25) is 0 Å². The van der Waals surface area contributed by atoms with Gasteiger partial charge in [-0.3, -0.25) is 9.89 Å². The van der Waals surface area contributed by atoms with E-state index in [2.05, 4.69) is 46.4 Å². The Morgan fingerprint density at radius 2 is 2.05 bits per heavy atom. The van der Waals surface area contributed by atoms with E-state index in [9.17, 15) is 0 Å². The van der Waals surface area contributed by atoms with Crippen LogP contribution in [-0.2, 0) is 0 Å². The number of aliphatic imine (C=N–C) groups is 1. The maximum atomic E-state index is 4.68. The molecule has 1 atom stereocenters. The number of piperidine rings is 1. The molecule has 1 N–H and O–H groups in total. The van der Waals surface area contributed by atoms with E-state index < -0.39 is 0 Å². The highest BCUT2D eigenvalue weighted by molar-refractivity contribution is 5.89. The summed E-state index contributed by atoms with van der Waals surface area (Å²) in [7, 11) is 0. The summed E-state index contributed by atoms with van der Waals surface area (Å²) in [6.07, 6.45) is 4.00. The van der Waals surface area contributed by atoms with Gasteiger partial charge in [0.15, 0.2) is 0 Å². The maximum absolute atomic E-state index is 4.68. The third kappa shape index (κ3) is 2.81. The average molecular weight is 257 g/mol. The number of hydrogen-bond donors (Lipinski definition) is 1. The minimum absolute atomic E-state index is 0.336. The summed E-state index contributed by atoms with van der Waals surface area (Å²) in [5.41, 5.74) is 2.72. The van der Waals surface area contributed by atoms with Gasteiger partial charge < -0.3 is 5.32 Å². The van der Waals surface area contributed by atoms with Gasteiger partial charge in [0.2, 0.25) is 0 Å². The molecular weight excluding hydrogens is 234 g/mol. The van der Waals surface area contributed by atoms with Crippen molar-refractivity contribution in [1.29, 1.82) is 0 Å². The van der Waals surface area contributed by atoms with Gasteiger partial charge in [-0.15, -0.1) is 0 Å². The van der Waals surface area contributed by atoms with Crippen LogP contribution >= 0.6 is 0 Å². The van der Waals surface area contributed by atoms with E-state index in [4.69, 9.17) is 0 Å². The monoisotopic (exact) mass is 257 g/mol. The molecule has 2 aliphatic rings. The largest absolute Gasteiger partial charge is 0.370 e. The zero-order valence-corrected chi connectivity index (χ0v) is 11.7. The molecule has 3 nitrogen and oxygen atoms in total. The molecule has 1 saturated heterocycles. The summed E-state index contributed by atoms with van der Waals surface area (Å²) in [5.74, 6) is 1.17. The standard InChI is InChI=1S/C16H23N3/c1-13-6-5-7-14(12-13)15(16-17-8-9-18-16)19-10-3-2-4-11-19/h5-7,12,15H,2-4,8-11H2,1H3,(H,17,18). The third-order valence-corrected chi connectivity index (χ3v) is 4.07. The number of nitrogens with one attached hydrogen (secondary N) is 1. The molecule has 0 spiro atoms. The van der Waals surface area contributed by atoms with Gasteiger partial charge in [0.25, 0.3) is 0 Å². The fourth-order valence-corrected chi connectivity index (χ4v) is 3.16. The van der Waals surface area contributed by atoms with Crippen LogP contribution in [0.4, 0.5) is 0 Å². The van der Waals surface area contributed by atoms with Crippen LogP contribution in [0.1, 0.15) is 36.4 Å². The number of aryl methyl sites for hydroxylation is 1. The van der Waals surface area contributed by atoms with Gasteiger partial charge in [-0.05, 0) is 38.4 Å². The van der Waals surface area contributed by atoms with Crippen molar-refractivity contribution in [1.82, 2.24) is 10.2 Å². The SMILES string of the molecule is Cc1cccc(C(C2=NCCN2)N2CCCCC2)c1. The molecule has 0 aromatic heterocycles. The lowest BCUT2D eigenvalue weighted by molar-refractivity contribution is 0.201. The van der Waals surface area contributed by atoms with Crippen molar-refractivity contribution in [2.45, 2.75) is 32.2 Å². The number of rotatable bonds is 3. The average Bonchev–Trinajstić information content (AvgIpc) is 2.94. The summed E-state index contributed by atoms with van der Waals surface area (Å²) in [6, 6.07) is 9.22. The Labute approximate surface area is 115 Å². The Morgan fingerprint density at radius 3 is 2.74 bits per heavy atom. The summed E-state index contributed by atoms with van der Waals surface area (Å²) in [4.78, 5) is 7.27. The first kappa shape index (κ1) is 12.7. The van der Waals surface area contributed by atoms with Gasteiger partial charge in [-0.25, -0.2) is 0 Å². The van der Waals surface area contributed by atoms with Gasteiger partial charge >= 0.3 is 0 Å². The lowest BCUT2D eigenvalue weighted by atomic mass is 9.99. The molecule has 0 amide bonds. The van der Waals surface area contributed by atoms with Crippen LogP contribution in [0.25, 0.3) is 0 Å². The number of benzene rings is 1. The molecule has 3 rings (SSSR count). The van der Waals surface area contributed by atoms with Crippen molar-refractivity contribution in [2.75, 3.05) is 26.2 Å². The minimum Gasteiger partial charge on any atom is -0.370 e. The molecule has 2 heterocycles. The van der Waals surface area contributed by atoms with Gasteiger partial charge in [0.05, 0.1) is 12.6 Å². The van der Waals surface area contributed by atoms with Crippen molar-refractivity contribution in [3.8, 4) is 0 Å². The lowest BCUT2D eigenvalue weighted by Crippen LogP contribution is -2.41. The molecule has 0 bridgehead atoms. The van der Waals surface area contributed by atoms with Gasteiger partial charge in [0.1, 0.15) is 5.84 Å². The molecule has 0 aliphatic carbocycles. The van der Waals surface area contributed by atoms with Crippen LogP contribution in [0, 0.1) is 6.92 Å². The second kappa shape index (κ2) is 5.74. The number of nitrogens with zero attached hydrogens (tertiary/aromatic N) is 2. The van der Waals surface area contributed by atoms with E-state index in [1.807, 2.05) is 0 Å². The Hall–Kier alpha value is -1.35. The van der Waals surface area contributed by atoms with Crippen LogP contribution < -0.4 is 5.32 Å². The molecule has 2 aliphatic heterocycles. The van der Waals surface area contributed by atoms with E-state index >= 15 is 0 Å². The number of amidine groups is 1. The predicted octanol–water partition coefficient (Wildman–Crippen LogP) is 2.52. The zero-order valence-electron chi connectivity index (χ0n) is 11.7. The first-order chi connectivity index (χ1) is 9.34. The molecule has 1 aromatic carbocycles. The van der Waals surface area contributed by atoms with Crippen molar-refractivity contribution in [3.05, 3.63) is 35.4 Å².